The number of hydrogen-bond acceptors (Lipinski definition) is 5. The number of ketones is 1. The van der Waals surface area contributed by atoms with Crippen molar-refractivity contribution < 1.29 is 22.1 Å². The van der Waals surface area contributed by atoms with E-state index >= 15 is 0 Å². The van der Waals surface area contributed by atoms with Gasteiger partial charge >= 0.3 is 10.1 Å². The second-order valence-corrected chi connectivity index (χ2v) is 8.82. The van der Waals surface area contributed by atoms with Gasteiger partial charge < -0.3 is 8.92 Å². The fraction of sp³-hybridized carbons (Fsp3) is 0.125. The Labute approximate surface area is 175 Å². The highest BCUT2D eigenvalue weighted by Crippen LogP contribution is 2.35. The Morgan fingerprint density at radius 3 is 2.30 bits per heavy atom. The Morgan fingerprint density at radius 2 is 1.63 bits per heavy atom. The van der Waals surface area contributed by atoms with Crippen molar-refractivity contribution in [1.82, 2.24) is 0 Å². The fourth-order valence-corrected chi connectivity index (χ4v) is 4.05. The van der Waals surface area contributed by atoms with Crippen LogP contribution in [-0.4, -0.2) is 14.2 Å². The second kappa shape index (κ2) is 7.80. The van der Waals surface area contributed by atoms with Gasteiger partial charge in [-0.2, -0.15) is 8.42 Å². The summed E-state index contributed by atoms with van der Waals surface area (Å²) < 4.78 is 35.7. The van der Waals surface area contributed by atoms with Gasteiger partial charge in [0.2, 0.25) is 5.78 Å². The van der Waals surface area contributed by atoms with E-state index in [0.717, 1.165) is 5.56 Å². The van der Waals surface area contributed by atoms with Crippen LogP contribution in [0.5, 0.6) is 11.5 Å². The molecule has 1 aliphatic heterocycles. The average Bonchev–Trinajstić information content (AvgIpc) is 3.03. The molecule has 0 aromatic heterocycles. The lowest BCUT2D eigenvalue weighted by atomic mass is 10.0. The summed E-state index contributed by atoms with van der Waals surface area (Å²) in [6.45, 7) is 4.23. The van der Waals surface area contributed by atoms with Crippen LogP contribution in [-0.2, 0) is 10.1 Å². The highest BCUT2D eigenvalue weighted by Gasteiger charge is 2.28. The van der Waals surface area contributed by atoms with Gasteiger partial charge in [-0.25, -0.2) is 0 Å². The first-order valence-corrected chi connectivity index (χ1v) is 10.9. The minimum absolute atomic E-state index is 0.0490. The van der Waals surface area contributed by atoms with Crippen LogP contribution in [0.1, 0.15) is 41.3 Å². The first-order valence-electron chi connectivity index (χ1n) is 9.51. The molecule has 0 saturated heterocycles. The van der Waals surface area contributed by atoms with Crippen molar-refractivity contribution in [2.24, 2.45) is 0 Å². The van der Waals surface area contributed by atoms with Gasteiger partial charge in [0.25, 0.3) is 0 Å². The number of allylic oxidation sites excluding steroid dienone is 1. The first kappa shape index (κ1) is 19.9. The van der Waals surface area contributed by atoms with Crippen LogP contribution in [0, 0.1) is 0 Å². The summed E-state index contributed by atoms with van der Waals surface area (Å²) in [4.78, 5) is 12.7. The number of Topliss-reactive ketones (excluding diaryl/α,β-unsaturated/α-hetero) is 1. The predicted molar refractivity (Wildman–Crippen MR) is 114 cm³/mol. The maximum absolute atomic E-state index is 12.6. The molecule has 0 fully saturated rings. The molecule has 0 unspecified atom stereocenters. The number of ether oxygens (including phenoxy) is 1. The lowest BCUT2D eigenvalue weighted by Gasteiger charge is -2.07. The molecule has 4 rings (SSSR count). The van der Waals surface area contributed by atoms with Crippen LogP contribution in [0.25, 0.3) is 6.08 Å². The monoisotopic (exact) mass is 420 g/mol. The van der Waals surface area contributed by atoms with E-state index in [-0.39, 0.29) is 27.9 Å². The van der Waals surface area contributed by atoms with Gasteiger partial charge in [-0.3, -0.25) is 4.79 Å². The molecule has 0 aliphatic carbocycles. The molecule has 1 heterocycles. The normalized spacial score (nSPS) is 14.6. The number of carbonyl (C=O) groups is 1. The highest BCUT2D eigenvalue weighted by molar-refractivity contribution is 7.87. The summed E-state index contributed by atoms with van der Waals surface area (Å²) >= 11 is 0. The lowest BCUT2D eigenvalue weighted by molar-refractivity contribution is 0.101. The third-order valence-electron chi connectivity index (χ3n) is 4.78. The molecule has 0 atom stereocenters. The Balaban J connectivity index is 1.57. The third kappa shape index (κ3) is 4.00. The fourth-order valence-electron chi connectivity index (χ4n) is 3.11. The highest BCUT2D eigenvalue weighted by atomic mass is 32.2. The molecule has 3 aromatic carbocycles. The van der Waals surface area contributed by atoms with E-state index in [0.29, 0.717) is 11.5 Å². The molecule has 30 heavy (non-hydrogen) atoms. The lowest BCUT2D eigenvalue weighted by Crippen LogP contribution is -2.09. The van der Waals surface area contributed by atoms with E-state index in [4.69, 9.17) is 8.92 Å². The molecule has 5 nitrogen and oxygen atoms in total. The number of benzene rings is 3. The molecule has 0 saturated carbocycles. The largest absolute Gasteiger partial charge is 0.452 e. The SMILES string of the molecule is CC(C)c1ccc(/C=C2\Oc3cc(OS(=O)(=O)c4ccccc4)ccc3C2=O)cc1. The van der Waals surface area contributed by atoms with E-state index in [1.165, 1.54) is 35.9 Å². The zero-order valence-corrected chi connectivity index (χ0v) is 17.3. The topological polar surface area (TPSA) is 69.7 Å². The van der Waals surface area contributed by atoms with Gasteiger partial charge in [0.1, 0.15) is 16.4 Å². The van der Waals surface area contributed by atoms with E-state index < -0.39 is 10.1 Å². The molecule has 3 aromatic rings. The van der Waals surface area contributed by atoms with Gasteiger partial charge in [0.05, 0.1) is 5.56 Å². The average molecular weight is 420 g/mol. The quantitative estimate of drug-likeness (QED) is 0.419. The van der Waals surface area contributed by atoms with Crippen LogP contribution < -0.4 is 8.92 Å². The van der Waals surface area contributed by atoms with Crippen molar-refractivity contribution in [2.45, 2.75) is 24.7 Å². The van der Waals surface area contributed by atoms with Crippen molar-refractivity contribution in [3.63, 3.8) is 0 Å². The van der Waals surface area contributed by atoms with Crippen LogP contribution in [0.4, 0.5) is 0 Å². The second-order valence-electron chi connectivity index (χ2n) is 7.27. The zero-order valence-electron chi connectivity index (χ0n) is 16.5. The molecule has 0 spiro atoms. The van der Waals surface area contributed by atoms with Crippen LogP contribution in [0.15, 0.2) is 83.5 Å². The third-order valence-corrected chi connectivity index (χ3v) is 6.04. The molecular formula is C24H20O5S. The minimum atomic E-state index is -3.97. The summed E-state index contributed by atoms with van der Waals surface area (Å²) in [5, 5.41) is 0. The summed E-state index contributed by atoms with van der Waals surface area (Å²) in [5.41, 5.74) is 2.42. The summed E-state index contributed by atoms with van der Waals surface area (Å²) in [5.74, 6) is 0.699. The number of carbonyl (C=O) groups excluding carboxylic acids is 1. The van der Waals surface area contributed by atoms with E-state index in [9.17, 15) is 13.2 Å². The van der Waals surface area contributed by atoms with Gasteiger partial charge in [-0.1, -0.05) is 56.3 Å². The summed E-state index contributed by atoms with van der Waals surface area (Å²) in [6, 6.07) is 20.1. The number of fused-ring (bicyclic) bond motifs is 1. The van der Waals surface area contributed by atoms with Crippen LogP contribution in [0.3, 0.4) is 0 Å². The van der Waals surface area contributed by atoms with Gasteiger partial charge in [-0.15, -0.1) is 0 Å². The van der Waals surface area contributed by atoms with Crippen molar-refractivity contribution >= 4 is 22.0 Å². The minimum Gasteiger partial charge on any atom is -0.452 e. The molecule has 1 aliphatic rings. The molecule has 152 valence electrons. The van der Waals surface area contributed by atoms with E-state index in [1.807, 2.05) is 24.3 Å². The molecule has 6 heteroatoms. The number of rotatable bonds is 5. The molecular weight excluding hydrogens is 400 g/mol. The van der Waals surface area contributed by atoms with E-state index in [1.54, 1.807) is 24.3 Å². The maximum Gasteiger partial charge on any atom is 0.339 e. The van der Waals surface area contributed by atoms with Crippen molar-refractivity contribution in [2.75, 3.05) is 0 Å². The Bertz CT molecular complexity index is 1220. The maximum atomic E-state index is 12.6. The molecule has 0 bridgehead atoms. The van der Waals surface area contributed by atoms with Gasteiger partial charge in [0, 0.05) is 6.07 Å². The summed E-state index contributed by atoms with van der Waals surface area (Å²) in [7, 11) is -3.97. The van der Waals surface area contributed by atoms with E-state index in [2.05, 4.69) is 13.8 Å². The van der Waals surface area contributed by atoms with Crippen LogP contribution >= 0.6 is 0 Å². The van der Waals surface area contributed by atoms with Crippen molar-refractivity contribution in [3.8, 4) is 11.5 Å². The first-order chi connectivity index (χ1) is 14.3. The van der Waals surface area contributed by atoms with Gasteiger partial charge in [0.15, 0.2) is 5.76 Å². The molecule has 0 N–H and O–H groups in total. The smallest absolute Gasteiger partial charge is 0.339 e. The zero-order chi connectivity index (χ0) is 21.3. The standard InChI is InChI=1S/C24H20O5S/c1-16(2)18-10-8-17(9-11-18)14-23-24(25)21-13-12-19(15-22(21)28-23)29-30(26,27)20-6-4-3-5-7-20/h3-16H,1-2H3/b23-14-. The molecule has 0 radical (unpaired) electrons. The Hall–Kier alpha value is -3.38. The Kier molecular flexibility index (Phi) is 5.18. The van der Waals surface area contributed by atoms with Crippen molar-refractivity contribution in [1.29, 1.82) is 0 Å². The van der Waals surface area contributed by atoms with Crippen LogP contribution in [0.2, 0.25) is 0 Å². The number of hydrogen-bond donors (Lipinski definition) is 0. The Morgan fingerprint density at radius 1 is 0.933 bits per heavy atom. The van der Waals surface area contributed by atoms with Gasteiger partial charge in [-0.05, 0) is 47.4 Å². The predicted octanol–water partition coefficient (Wildman–Crippen LogP) is 5.19. The molecule has 0 amide bonds. The summed E-state index contributed by atoms with van der Waals surface area (Å²) in [6.07, 6.45) is 1.67. The van der Waals surface area contributed by atoms with Crippen molar-refractivity contribution in [3.05, 3.63) is 95.2 Å².